The first-order chi connectivity index (χ1) is 18.3. The van der Waals surface area contributed by atoms with Crippen LogP contribution in [0.4, 0.5) is 0 Å². The van der Waals surface area contributed by atoms with Gasteiger partial charge < -0.3 is 9.84 Å². The van der Waals surface area contributed by atoms with Crippen molar-refractivity contribution in [3.8, 4) is 6.07 Å². The van der Waals surface area contributed by atoms with Gasteiger partial charge in [0.15, 0.2) is 0 Å². The summed E-state index contributed by atoms with van der Waals surface area (Å²) >= 11 is 0. The van der Waals surface area contributed by atoms with Gasteiger partial charge in [-0.1, -0.05) is 62.8 Å². The van der Waals surface area contributed by atoms with E-state index in [2.05, 4.69) is 43.3 Å². The summed E-state index contributed by atoms with van der Waals surface area (Å²) in [5.74, 6) is 0.611. The van der Waals surface area contributed by atoms with Gasteiger partial charge in [-0.3, -0.25) is 9.36 Å². The summed E-state index contributed by atoms with van der Waals surface area (Å²) in [5, 5.41) is 21.1. The highest BCUT2D eigenvalue weighted by molar-refractivity contribution is 5.71. The highest BCUT2D eigenvalue weighted by Crippen LogP contribution is 2.31. The topological polar surface area (TPSA) is 88.1 Å². The fraction of sp³-hybridized carbons (Fsp3) is 0.531. The van der Waals surface area contributed by atoms with E-state index in [1.54, 1.807) is 4.57 Å². The van der Waals surface area contributed by atoms with Crippen molar-refractivity contribution in [2.24, 2.45) is 5.92 Å². The molecule has 2 aromatic rings. The maximum atomic E-state index is 14.0. The van der Waals surface area contributed by atoms with Crippen LogP contribution >= 0.6 is 0 Å². The number of hydrogen-bond donors (Lipinski definition) is 1. The minimum atomic E-state index is -1.00. The SMILES string of the molecule is CCCc1nc(CC)n(CC2(O)CC(C)OC(C)C2)c(=O)c1Cc1ccc(C2=CC=CCCC2C#N)cc1. The van der Waals surface area contributed by atoms with Crippen molar-refractivity contribution in [3.05, 3.63) is 81.1 Å². The number of rotatable bonds is 8. The molecule has 202 valence electrons. The van der Waals surface area contributed by atoms with Gasteiger partial charge in [0, 0.05) is 31.2 Å². The van der Waals surface area contributed by atoms with Gasteiger partial charge in [-0.25, -0.2) is 4.98 Å². The third-order valence-electron chi connectivity index (χ3n) is 7.72. The van der Waals surface area contributed by atoms with Gasteiger partial charge >= 0.3 is 0 Å². The zero-order valence-electron chi connectivity index (χ0n) is 23.2. The smallest absolute Gasteiger partial charge is 0.257 e. The summed E-state index contributed by atoms with van der Waals surface area (Å²) in [6, 6.07) is 10.7. The lowest BCUT2D eigenvalue weighted by molar-refractivity contribution is -0.138. The molecule has 2 aliphatic rings. The summed E-state index contributed by atoms with van der Waals surface area (Å²) in [6.07, 6.45) is 11.5. The zero-order chi connectivity index (χ0) is 27.3. The van der Waals surface area contributed by atoms with Crippen molar-refractivity contribution in [3.63, 3.8) is 0 Å². The van der Waals surface area contributed by atoms with Crippen LogP contribution in [0.1, 0.15) is 88.0 Å². The molecule has 0 spiro atoms. The highest BCUT2D eigenvalue weighted by Gasteiger charge is 2.38. The molecule has 2 heterocycles. The lowest BCUT2D eigenvalue weighted by Crippen LogP contribution is -2.48. The Balaban J connectivity index is 1.67. The summed E-state index contributed by atoms with van der Waals surface area (Å²) in [7, 11) is 0. The third-order valence-corrected chi connectivity index (χ3v) is 7.72. The molecular formula is C32H41N3O3. The van der Waals surface area contributed by atoms with E-state index in [4.69, 9.17) is 9.72 Å². The molecule has 6 heteroatoms. The minimum Gasteiger partial charge on any atom is -0.388 e. The van der Waals surface area contributed by atoms with E-state index in [1.807, 2.05) is 32.9 Å². The van der Waals surface area contributed by atoms with Crippen molar-refractivity contribution in [1.29, 1.82) is 5.26 Å². The summed E-state index contributed by atoms with van der Waals surface area (Å²) in [4.78, 5) is 19.0. The average molecular weight is 516 g/mol. The van der Waals surface area contributed by atoms with E-state index >= 15 is 0 Å². The zero-order valence-corrected chi connectivity index (χ0v) is 23.2. The van der Waals surface area contributed by atoms with Crippen LogP contribution in [0, 0.1) is 17.2 Å². The number of ether oxygens (including phenoxy) is 1. The Kier molecular flexibility index (Phi) is 9.02. The van der Waals surface area contributed by atoms with Crippen molar-refractivity contribution in [2.75, 3.05) is 0 Å². The van der Waals surface area contributed by atoms with Gasteiger partial charge in [-0.2, -0.15) is 5.26 Å². The predicted molar refractivity (Wildman–Crippen MR) is 151 cm³/mol. The Morgan fingerprint density at radius 2 is 1.89 bits per heavy atom. The van der Waals surface area contributed by atoms with Gasteiger partial charge in [-0.05, 0) is 49.8 Å². The monoisotopic (exact) mass is 515 g/mol. The van der Waals surface area contributed by atoms with Crippen LogP contribution in [0.25, 0.3) is 5.57 Å². The average Bonchev–Trinajstić information content (AvgIpc) is 3.13. The largest absolute Gasteiger partial charge is 0.388 e. The first kappa shape index (κ1) is 28.0. The molecule has 0 saturated carbocycles. The molecule has 4 rings (SSSR count). The standard InChI is InChI=1S/C32H41N3O3/c1-5-10-29-28(17-24-13-15-25(16-14-24)27-12-9-7-8-11-26(27)20-33)31(36)35(30(6-2)34-29)21-32(37)18-22(3)38-23(4)19-32/h7,9,12-16,22-23,26,37H,5-6,8,10-11,17-19,21H2,1-4H3. The number of allylic oxidation sites excluding steroid dienone is 4. The predicted octanol–water partition coefficient (Wildman–Crippen LogP) is 5.54. The van der Waals surface area contributed by atoms with Gasteiger partial charge in [0.05, 0.1) is 42.0 Å². The second-order valence-electron chi connectivity index (χ2n) is 11.0. The van der Waals surface area contributed by atoms with Crippen LogP contribution < -0.4 is 5.56 Å². The quantitative estimate of drug-likeness (QED) is 0.499. The van der Waals surface area contributed by atoms with Crippen molar-refractivity contribution >= 4 is 5.57 Å². The lowest BCUT2D eigenvalue weighted by atomic mass is 9.87. The van der Waals surface area contributed by atoms with Crippen molar-refractivity contribution in [2.45, 2.75) is 103 Å². The van der Waals surface area contributed by atoms with Crippen LogP contribution in [-0.2, 0) is 30.5 Å². The first-order valence-corrected chi connectivity index (χ1v) is 14.1. The molecule has 0 radical (unpaired) electrons. The molecule has 1 aliphatic heterocycles. The number of benzene rings is 1. The molecule has 0 bridgehead atoms. The molecule has 1 aliphatic carbocycles. The molecule has 0 amide bonds. The number of aryl methyl sites for hydroxylation is 2. The fourth-order valence-electron chi connectivity index (χ4n) is 6.06. The Hall–Kier alpha value is -3.01. The van der Waals surface area contributed by atoms with Gasteiger partial charge in [0.25, 0.3) is 5.56 Å². The molecule has 3 unspecified atom stereocenters. The number of nitrogens with zero attached hydrogens (tertiary/aromatic N) is 3. The van der Waals surface area contributed by atoms with E-state index in [9.17, 15) is 15.2 Å². The van der Waals surface area contributed by atoms with Crippen LogP contribution in [-0.4, -0.2) is 32.5 Å². The molecule has 1 N–H and O–H groups in total. The Morgan fingerprint density at radius 1 is 1.18 bits per heavy atom. The summed E-state index contributed by atoms with van der Waals surface area (Å²) < 4.78 is 7.56. The molecule has 1 aromatic heterocycles. The molecule has 3 atom stereocenters. The maximum absolute atomic E-state index is 14.0. The number of nitriles is 1. The van der Waals surface area contributed by atoms with E-state index < -0.39 is 5.60 Å². The van der Waals surface area contributed by atoms with Crippen LogP contribution in [0.15, 0.2) is 47.3 Å². The Morgan fingerprint density at radius 3 is 2.53 bits per heavy atom. The van der Waals surface area contributed by atoms with Gasteiger partial charge in [0.1, 0.15) is 5.82 Å². The van der Waals surface area contributed by atoms with Crippen molar-refractivity contribution in [1.82, 2.24) is 9.55 Å². The molecular weight excluding hydrogens is 474 g/mol. The second kappa shape index (κ2) is 12.2. The molecule has 6 nitrogen and oxygen atoms in total. The highest BCUT2D eigenvalue weighted by atomic mass is 16.5. The maximum Gasteiger partial charge on any atom is 0.257 e. The molecule has 38 heavy (non-hydrogen) atoms. The van der Waals surface area contributed by atoms with E-state index in [0.29, 0.717) is 31.2 Å². The number of hydrogen-bond acceptors (Lipinski definition) is 5. The van der Waals surface area contributed by atoms with Crippen LogP contribution in [0.3, 0.4) is 0 Å². The van der Waals surface area contributed by atoms with Gasteiger partial charge in [-0.15, -0.1) is 0 Å². The third kappa shape index (κ3) is 6.34. The van der Waals surface area contributed by atoms with E-state index in [-0.39, 0.29) is 30.2 Å². The molecule has 1 fully saturated rings. The first-order valence-electron chi connectivity index (χ1n) is 14.1. The second-order valence-corrected chi connectivity index (χ2v) is 11.0. The fourth-order valence-corrected chi connectivity index (χ4v) is 6.06. The number of aliphatic hydroxyl groups is 1. The minimum absolute atomic E-state index is 0.0502. The van der Waals surface area contributed by atoms with Gasteiger partial charge in [0.2, 0.25) is 0 Å². The molecule has 1 aromatic carbocycles. The Labute approximate surface area is 226 Å². The van der Waals surface area contributed by atoms with E-state index in [1.165, 1.54) is 0 Å². The molecule has 1 saturated heterocycles. The normalized spacial score (nSPS) is 25.5. The van der Waals surface area contributed by atoms with Crippen LogP contribution in [0.5, 0.6) is 0 Å². The van der Waals surface area contributed by atoms with Crippen molar-refractivity contribution < 1.29 is 9.84 Å². The summed E-state index contributed by atoms with van der Waals surface area (Å²) in [5.41, 5.74) is 3.63. The van der Waals surface area contributed by atoms with Crippen LogP contribution in [0.2, 0.25) is 0 Å². The number of aromatic nitrogens is 2. The lowest BCUT2D eigenvalue weighted by Gasteiger charge is -2.39. The Bertz CT molecular complexity index is 1270. The van der Waals surface area contributed by atoms with E-state index in [0.717, 1.165) is 53.9 Å². The summed E-state index contributed by atoms with van der Waals surface area (Å²) in [6.45, 7) is 8.29.